The van der Waals surface area contributed by atoms with Crippen LogP contribution >= 0.6 is 0 Å². The van der Waals surface area contributed by atoms with E-state index < -0.39 is 28.7 Å². The second-order valence-corrected chi connectivity index (χ2v) is 6.72. The smallest absolute Gasteiger partial charge is 0.308 e. The molecule has 0 aliphatic carbocycles. The lowest BCUT2D eigenvalue weighted by molar-refractivity contribution is -0.384. The molecule has 0 aromatic heterocycles. The largest absolute Gasteiger partial charge is 0.466 e. The maximum Gasteiger partial charge on any atom is 0.308 e. The Kier molecular flexibility index (Phi) is 6.86. The number of ether oxygens (including phenoxy) is 1. The number of hydrogen-bond acceptors (Lipinski definition) is 6. The first-order valence-corrected chi connectivity index (χ1v) is 8.78. The highest BCUT2D eigenvalue weighted by Gasteiger charge is 2.35. The van der Waals surface area contributed by atoms with Crippen molar-refractivity contribution in [1.29, 1.82) is 0 Å². The van der Waals surface area contributed by atoms with Gasteiger partial charge < -0.3 is 15.0 Å². The highest BCUT2D eigenvalue weighted by Crippen LogP contribution is 2.18. The number of nitro benzene ring substituents is 1. The minimum atomic E-state index is -0.965. The highest BCUT2D eigenvalue weighted by molar-refractivity contribution is 5.99. The predicted molar refractivity (Wildman–Crippen MR) is 96.0 cm³/mol. The van der Waals surface area contributed by atoms with E-state index in [0.29, 0.717) is 12.3 Å². The van der Waals surface area contributed by atoms with Gasteiger partial charge in [-0.05, 0) is 24.5 Å². The summed E-state index contributed by atoms with van der Waals surface area (Å²) < 4.78 is 5.15. The number of benzene rings is 1. The van der Waals surface area contributed by atoms with Gasteiger partial charge in [0.1, 0.15) is 6.04 Å². The third-order valence-electron chi connectivity index (χ3n) is 4.24. The van der Waals surface area contributed by atoms with Gasteiger partial charge in [-0.15, -0.1) is 0 Å². The zero-order chi connectivity index (χ0) is 20.0. The topological polar surface area (TPSA) is 119 Å². The number of amides is 2. The third-order valence-corrected chi connectivity index (χ3v) is 4.24. The van der Waals surface area contributed by atoms with E-state index >= 15 is 0 Å². The molecule has 1 aromatic rings. The van der Waals surface area contributed by atoms with Gasteiger partial charge in [0.05, 0.1) is 18.0 Å². The van der Waals surface area contributed by atoms with E-state index in [1.807, 2.05) is 13.8 Å². The molecule has 1 N–H and O–H groups in total. The quantitative estimate of drug-likeness (QED) is 0.437. The molecular formula is C18H23N3O6. The summed E-state index contributed by atoms with van der Waals surface area (Å²) in [4.78, 5) is 48.5. The molecule has 0 bridgehead atoms. The molecule has 9 heteroatoms. The molecule has 0 saturated carbocycles. The molecule has 1 unspecified atom stereocenters. The first-order valence-electron chi connectivity index (χ1n) is 8.78. The molecule has 27 heavy (non-hydrogen) atoms. The number of piperazine rings is 1. The molecule has 1 heterocycles. The van der Waals surface area contributed by atoms with Gasteiger partial charge in [-0.1, -0.05) is 13.8 Å². The van der Waals surface area contributed by atoms with Crippen LogP contribution in [0.2, 0.25) is 0 Å². The molecule has 1 fully saturated rings. The lowest BCUT2D eigenvalue weighted by Crippen LogP contribution is -2.57. The monoisotopic (exact) mass is 377 g/mol. The summed E-state index contributed by atoms with van der Waals surface area (Å²) in [5.74, 6) is -1.03. The number of hydrogen-bond donors (Lipinski definition) is 1. The van der Waals surface area contributed by atoms with Gasteiger partial charge in [0.15, 0.2) is 0 Å². The van der Waals surface area contributed by atoms with Crippen molar-refractivity contribution in [3.8, 4) is 0 Å². The number of carbonyl (C=O) groups is 3. The van der Waals surface area contributed by atoms with Gasteiger partial charge in [-0.2, -0.15) is 0 Å². The molecule has 1 atom stereocenters. The zero-order valence-corrected chi connectivity index (χ0v) is 15.3. The average Bonchev–Trinajstić information content (AvgIpc) is 2.62. The van der Waals surface area contributed by atoms with E-state index in [1.54, 1.807) is 0 Å². The fourth-order valence-corrected chi connectivity index (χ4v) is 2.68. The van der Waals surface area contributed by atoms with E-state index in [1.165, 1.54) is 29.2 Å². The van der Waals surface area contributed by atoms with Crippen LogP contribution < -0.4 is 5.32 Å². The molecule has 146 valence electrons. The lowest BCUT2D eigenvalue weighted by atomic mass is 10.1. The fraction of sp³-hybridized carbons (Fsp3) is 0.500. The van der Waals surface area contributed by atoms with Gasteiger partial charge in [0.2, 0.25) is 5.91 Å². The Balaban J connectivity index is 2.07. The normalized spacial score (nSPS) is 16.8. The lowest BCUT2D eigenvalue weighted by Gasteiger charge is -2.34. The van der Waals surface area contributed by atoms with Crippen LogP contribution in [-0.4, -0.2) is 53.3 Å². The molecule has 0 radical (unpaired) electrons. The van der Waals surface area contributed by atoms with Crippen molar-refractivity contribution in [1.82, 2.24) is 10.2 Å². The molecule has 2 rings (SSSR count). The maximum atomic E-state index is 12.7. The van der Waals surface area contributed by atoms with Gasteiger partial charge >= 0.3 is 5.97 Å². The van der Waals surface area contributed by atoms with Gasteiger partial charge in [-0.3, -0.25) is 24.5 Å². The molecule has 1 aromatic carbocycles. The van der Waals surface area contributed by atoms with Crippen molar-refractivity contribution < 1.29 is 24.0 Å². The van der Waals surface area contributed by atoms with Crippen LogP contribution in [0.1, 0.15) is 37.0 Å². The summed E-state index contributed by atoms with van der Waals surface area (Å²) >= 11 is 0. The van der Waals surface area contributed by atoms with E-state index in [-0.39, 0.29) is 37.4 Å². The number of esters is 1. The molecule has 1 aliphatic heterocycles. The number of nitrogens with one attached hydrogen (secondary N) is 1. The maximum absolute atomic E-state index is 12.7. The third kappa shape index (κ3) is 5.50. The number of nitro groups is 1. The van der Waals surface area contributed by atoms with Crippen molar-refractivity contribution in [2.45, 2.75) is 32.7 Å². The van der Waals surface area contributed by atoms with Gasteiger partial charge in [0.25, 0.3) is 11.6 Å². The molecule has 2 amide bonds. The fourth-order valence-electron chi connectivity index (χ4n) is 2.68. The van der Waals surface area contributed by atoms with E-state index in [0.717, 1.165) is 0 Å². The molecule has 1 aliphatic rings. The average molecular weight is 377 g/mol. The first-order chi connectivity index (χ1) is 12.8. The SMILES string of the molecule is CC(C)CCOC(=O)CC1C(=O)NCCN1C(=O)c1ccc([N+](=O)[O-])cc1. The van der Waals surface area contributed by atoms with Gasteiger partial charge in [-0.25, -0.2) is 0 Å². The Hall–Kier alpha value is -2.97. The number of carbonyl (C=O) groups excluding carboxylic acids is 3. The van der Waals surface area contributed by atoms with Gasteiger partial charge in [0, 0.05) is 30.8 Å². The summed E-state index contributed by atoms with van der Waals surface area (Å²) in [5.41, 5.74) is 0.0849. The Morgan fingerprint density at radius 3 is 2.59 bits per heavy atom. The summed E-state index contributed by atoms with van der Waals surface area (Å²) in [6.07, 6.45) is 0.483. The summed E-state index contributed by atoms with van der Waals surface area (Å²) in [7, 11) is 0. The first kappa shape index (κ1) is 20.3. The Morgan fingerprint density at radius 2 is 2.00 bits per heavy atom. The second-order valence-electron chi connectivity index (χ2n) is 6.72. The minimum Gasteiger partial charge on any atom is -0.466 e. The van der Waals surface area contributed by atoms with Crippen LogP contribution in [0.5, 0.6) is 0 Å². The molecule has 9 nitrogen and oxygen atoms in total. The Labute approximate surface area is 156 Å². The van der Waals surface area contributed by atoms with Crippen LogP contribution in [0.4, 0.5) is 5.69 Å². The zero-order valence-electron chi connectivity index (χ0n) is 15.3. The molecule has 1 saturated heterocycles. The predicted octanol–water partition coefficient (Wildman–Crippen LogP) is 1.51. The summed E-state index contributed by atoms with van der Waals surface area (Å²) in [5, 5.41) is 13.4. The van der Waals surface area contributed by atoms with E-state index in [9.17, 15) is 24.5 Å². The van der Waals surface area contributed by atoms with Crippen molar-refractivity contribution in [3.05, 3.63) is 39.9 Å². The van der Waals surface area contributed by atoms with Crippen molar-refractivity contribution >= 4 is 23.5 Å². The van der Waals surface area contributed by atoms with Crippen LogP contribution in [0.3, 0.4) is 0 Å². The minimum absolute atomic E-state index is 0.131. The van der Waals surface area contributed by atoms with E-state index in [2.05, 4.69) is 5.32 Å². The Morgan fingerprint density at radius 1 is 1.33 bits per heavy atom. The summed E-state index contributed by atoms with van der Waals surface area (Å²) in [6.45, 7) is 4.79. The number of nitrogens with zero attached hydrogens (tertiary/aromatic N) is 2. The van der Waals surface area contributed by atoms with Crippen molar-refractivity contribution in [2.24, 2.45) is 5.92 Å². The van der Waals surface area contributed by atoms with Crippen LogP contribution in [0, 0.1) is 16.0 Å². The standard InChI is InChI=1S/C18H23N3O6/c1-12(2)7-10-27-16(22)11-15-17(23)19-8-9-20(15)18(24)13-3-5-14(6-4-13)21(25)26/h3-6,12,15H,7-11H2,1-2H3,(H,19,23). The molecule has 0 spiro atoms. The second kappa shape index (κ2) is 9.11. The Bertz CT molecular complexity index is 716. The van der Waals surface area contributed by atoms with Crippen LogP contribution in [0.25, 0.3) is 0 Å². The van der Waals surface area contributed by atoms with Crippen LogP contribution in [-0.2, 0) is 14.3 Å². The number of rotatable bonds is 7. The van der Waals surface area contributed by atoms with Crippen LogP contribution in [0.15, 0.2) is 24.3 Å². The van der Waals surface area contributed by atoms with E-state index in [4.69, 9.17) is 4.74 Å². The van der Waals surface area contributed by atoms with Crippen molar-refractivity contribution in [2.75, 3.05) is 19.7 Å². The molecular weight excluding hydrogens is 354 g/mol. The summed E-state index contributed by atoms with van der Waals surface area (Å²) in [6, 6.07) is 4.17. The number of non-ortho nitro benzene ring substituents is 1. The van der Waals surface area contributed by atoms with Crippen molar-refractivity contribution in [3.63, 3.8) is 0 Å². The highest BCUT2D eigenvalue weighted by atomic mass is 16.6.